The van der Waals surface area contributed by atoms with Gasteiger partial charge in [-0.25, -0.2) is 0 Å². The molecule has 2 unspecified atom stereocenters. The van der Waals surface area contributed by atoms with E-state index in [9.17, 15) is 0 Å². The molecule has 0 bridgehead atoms. The third-order valence-corrected chi connectivity index (χ3v) is 4.68. The molecule has 0 radical (unpaired) electrons. The first kappa shape index (κ1) is 11.3. The molecule has 96 valence electrons. The van der Waals surface area contributed by atoms with Crippen molar-refractivity contribution in [3.05, 3.63) is 0 Å². The Labute approximate surface area is 103 Å². The predicted molar refractivity (Wildman–Crippen MR) is 67.9 cm³/mol. The molecule has 2 fully saturated rings. The monoisotopic (exact) mass is 237 g/mol. The first-order valence-electron chi connectivity index (χ1n) is 6.86. The minimum atomic E-state index is 0.0830. The van der Waals surface area contributed by atoms with Crippen molar-refractivity contribution in [3.63, 3.8) is 0 Å². The van der Waals surface area contributed by atoms with Crippen molar-refractivity contribution < 1.29 is 4.74 Å². The molecule has 0 aromatic heterocycles. The number of hydrogen-bond donors (Lipinski definition) is 1. The molecule has 1 aliphatic heterocycles. The van der Waals surface area contributed by atoms with Crippen LogP contribution < -0.4 is 5.73 Å². The van der Waals surface area contributed by atoms with Gasteiger partial charge in [0.1, 0.15) is 0 Å². The van der Waals surface area contributed by atoms with Crippen LogP contribution in [0.2, 0.25) is 0 Å². The predicted octanol–water partition coefficient (Wildman–Crippen LogP) is 1.35. The molecular weight excluding hydrogens is 214 g/mol. The van der Waals surface area contributed by atoms with Gasteiger partial charge in [0.25, 0.3) is 0 Å². The summed E-state index contributed by atoms with van der Waals surface area (Å²) < 4.78 is 5.74. The second-order valence-corrected chi connectivity index (χ2v) is 5.80. The van der Waals surface area contributed by atoms with Crippen LogP contribution >= 0.6 is 0 Å². The zero-order valence-corrected chi connectivity index (χ0v) is 10.7. The van der Waals surface area contributed by atoms with Crippen LogP contribution in [0.15, 0.2) is 4.99 Å². The highest BCUT2D eigenvalue weighted by molar-refractivity contribution is 5.81. The van der Waals surface area contributed by atoms with Crippen LogP contribution in [0.1, 0.15) is 38.5 Å². The minimum absolute atomic E-state index is 0.0830. The van der Waals surface area contributed by atoms with Crippen LogP contribution in [0.25, 0.3) is 0 Å². The Morgan fingerprint density at radius 1 is 1.41 bits per heavy atom. The van der Waals surface area contributed by atoms with Crippen LogP contribution in [0.4, 0.5) is 0 Å². The SMILES string of the molecule is COC1CCCCC12CN=C(N)N2CC1CC1. The maximum atomic E-state index is 6.10. The fraction of sp³-hybridized carbons (Fsp3) is 0.923. The lowest BCUT2D eigenvalue weighted by Gasteiger charge is -2.47. The van der Waals surface area contributed by atoms with Gasteiger partial charge in [-0.3, -0.25) is 4.99 Å². The van der Waals surface area contributed by atoms with Gasteiger partial charge in [-0.1, -0.05) is 12.8 Å². The Morgan fingerprint density at radius 2 is 2.24 bits per heavy atom. The number of nitrogens with two attached hydrogens (primary N) is 1. The molecular formula is C13H23N3O. The van der Waals surface area contributed by atoms with Crippen molar-refractivity contribution in [1.29, 1.82) is 0 Å². The summed E-state index contributed by atoms with van der Waals surface area (Å²) in [7, 11) is 1.83. The molecule has 1 heterocycles. The lowest BCUT2D eigenvalue weighted by molar-refractivity contribution is -0.0430. The number of hydrogen-bond acceptors (Lipinski definition) is 4. The zero-order valence-electron chi connectivity index (χ0n) is 10.7. The number of rotatable bonds is 3. The summed E-state index contributed by atoms with van der Waals surface area (Å²) in [5, 5.41) is 0. The molecule has 0 amide bonds. The van der Waals surface area contributed by atoms with Gasteiger partial charge in [-0.05, 0) is 31.6 Å². The summed E-state index contributed by atoms with van der Waals surface area (Å²) in [4.78, 5) is 6.89. The molecule has 0 aromatic rings. The van der Waals surface area contributed by atoms with Crippen molar-refractivity contribution in [2.45, 2.75) is 50.2 Å². The quantitative estimate of drug-likeness (QED) is 0.806. The second-order valence-electron chi connectivity index (χ2n) is 5.80. The first-order valence-corrected chi connectivity index (χ1v) is 6.86. The van der Waals surface area contributed by atoms with E-state index in [1.165, 1.54) is 32.1 Å². The molecule has 4 nitrogen and oxygen atoms in total. The number of methoxy groups -OCH3 is 1. The molecule has 2 N–H and O–H groups in total. The summed E-state index contributed by atoms with van der Waals surface area (Å²) in [6, 6.07) is 0. The number of aliphatic imine (C=N–C) groups is 1. The summed E-state index contributed by atoms with van der Waals surface area (Å²) in [5.41, 5.74) is 6.18. The van der Waals surface area contributed by atoms with Gasteiger partial charge < -0.3 is 15.4 Å². The topological polar surface area (TPSA) is 50.9 Å². The van der Waals surface area contributed by atoms with Gasteiger partial charge in [-0.2, -0.15) is 0 Å². The Hall–Kier alpha value is -0.770. The number of ether oxygens (including phenoxy) is 1. The largest absolute Gasteiger partial charge is 0.379 e. The van der Waals surface area contributed by atoms with E-state index < -0.39 is 0 Å². The molecule has 3 aliphatic rings. The highest BCUT2D eigenvalue weighted by Gasteiger charge is 2.50. The Bertz CT molecular complexity index is 327. The number of guanidine groups is 1. The number of nitrogens with zero attached hydrogens (tertiary/aromatic N) is 2. The molecule has 2 atom stereocenters. The van der Waals surface area contributed by atoms with E-state index in [2.05, 4.69) is 9.89 Å². The van der Waals surface area contributed by atoms with Gasteiger partial charge in [0.05, 0.1) is 18.2 Å². The van der Waals surface area contributed by atoms with Gasteiger partial charge in [-0.15, -0.1) is 0 Å². The van der Waals surface area contributed by atoms with E-state index in [4.69, 9.17) is 10.5 Å². The van der Waals surface area contributed by atoms with Gasteiger partial charge in [0, 0.05) is 13.7 Å². The van der Waals surface area contributed by atoms with Crippen LogP contribution in [-0.2, 0) is 4.74 Å². The molecule has 0 aromatic carbocycles. The summed E-state index contributed by atoms with van der Waals surface area (Å²) in [5.74, 6) is 1.60. The van der Waals surface area contributed by atoms with Crippen molar-refractivity contribution in [1.82, 2.24) is 4.90 Å². The average Bonchev–Trinajstić information content (AvgIpc) is 3.12. The lowest BCUT2D eigenvalue weighted by Crippen LogP contribution is -2.61. The van der Waals surface area contributed by atoms with Gasteiger partial charge >= 0.3 is 0 Å². The standard InChI is InChI=1S/C13H23N3O/c1-17-11-4-2-3-7-13(11)9-15-12(14)16(13)8-10-5-6-10/h10-11H,2-9H2,1H3,(H2,14,15). The molecule has 4 heteroatoms. The van der Waals surface area contributed by atoms with Gasteiger partial charge in [0.2, 0.25) is 0 Å². The van der Waals surface area contributed by atoms with Crippen LogP contribution in [0, 0.1) is 5.92 Å². The highest BCUT2D eigenvalue weighted by atomic mass is 16.5. The Morgan fingerprint density at radius 3 is 2.94 bits per heavy atom. The fourth-order valence-corrected chi connectivity index (χ4v) is 3.47. The van der Waals surface area contributed by atoms with E-state index in [1.807, 2.05) is 7.11 Å². The van der Waals surface area contributed by atoms with E-state index in [-0.39, 0.29) is 5.54 Å². The highest BCUT2D eigenvalue weighted by Crippen LogP contribution is 2.41. The van der Waals surface area contributed by atoms with Gasteiger partial charge in [0.15, 0.2) is 5.96 Å². The maximum absolute atomic E-state index is 6.10. The zero-order chi connectivity index (χ0) is 11.9. The third kappa shape index (κ3) is 1.82. The molecule has 2 saturated carbocycles. The smallest absolute Gasteiger partial charge is 0.191 e. The molecule has 3 rings (SSSR count). The lowest BCUT2D eigenvalue weighted by atomic mass is 9.78. The second kappa shape index (κ2) is 4.16. The van der Waals surface area contributed by atoms with Crippen molar-refractivity contribution in [2.24, 2.45) is 16.6 Å². The van der Waals surface area contributed by atoms with E-state index in [0.717, 1.165) is 31.4 Å². The van der Waals surface area contributed by atoms with Crippen molar-refractivity contribution in [2.75, 3.05) is 20.2 Å². The summed E-state index contributed by atoms with van der Waals surface area (Å²) >= 11 is 0. The molecule has 1 spiro atoms. The van der Waals surface area contributed by atoms with E-state index in [1.54, 1.807) is 0 Å². The third-order valence-electron chi connectivity index (χ3n) is 4.68. The fourth-order valence-electron chi connectivity index (χ4n) is 3.47. The van der Waals surface area contributed by atoms with Crippen LogP contribution in [0.3, 0.4) is 0 Å². The van der Waals surface area contributed by atoms with E-state index >= 15 is 0 Å². The summed E-state index contributed by atoms with van der Waals surface area (Å²) in [6.07, 6.45) is 7.92. The van der Waals surface area contributed by atoms with Crippen molar-refractivity contribution >= 4 is 5.96 Å². The van der Waals surface area contributed by atoms with Crippen molar-refractivity contribution in [3.8, 4) is 0 Å². The maximum Gasteiger partial charge on any atom is 0.191 e. The van der Waals surface area contributed by atoms with Crippen LogP contribution in [-0.4, -0.2) is 42.7 Å². The molecule has 17 heavy (non-hydrogen) atoms. The molecule has 2 aliphatic carbocycles. The Kier molecular flexibility index (Phi) is 2.77. The Balaban J connectivity index is 1.82. The normalized spacial score (nSPS) is 37.6. The van der Waals surface area contributed by atoms with E-state index in [0.29, 0.717) is 6.10 Å². The molecule has 0 saturated heterocycles. The average molecular weight is 237 g/mol. The summed E-state index contributed by atoms with van der Waals surface area (Å²) in [6.45, 7) is 1.93. The first-order chi connectivity index (χ1) is 8.26. The minimum Gasteiger partial charge on any atom is -0.379 e. The van der Waals surface area contributed by atoms with Crippen LogP contribution in [0.5, 0.6) is 0 Å².